The van der Waals surface area contributed by atoms with E-state index in [1.54, 1.807) is 6.92 Å². The Morgan fingerprint density at radius 2 is 2.08 bits per heavy atom. The average molecular weight is 341 g/mol. The normalized spacial score (nSPS) is 11.0. The second kappa shape index (κ2) is 7.20. The molecule has 0 aromatic carbocycles. The Kier molecular flexibility index (Phi) is 5.27. The lowest BCUT2D eigenvalue weighted by molar-refractivity contribution is -0.137. The van der Waals surface area contributed by atoms with Gasteiger partial charge in [0.1, 0.15) is 12.4 Å². The topological polar surface area (TPSA) is 102 Å². The van der Waals surface area contributed by atoms with Crippen LogP contribution in [0, 0.1) is 13.8 Å². The molecule has 2 aromatic heterocycles. The molecule has 2 rings (SSSR count). The number of halogens is 2. The lowest BCUT2D eigenvalue weighted by Crippen LogP contribution is -2.27. The highest BCUT2D eigenvalue weighted by Crippen LogP contribution is 2.19. The van der Waals surface area contributed by atoms with Crippen LogP contribution in [0.4, 0.5) is 8.78 Å². The van der Waals surface area contributed by atoms with Gasteiger partial charge in [-0.3, -0.25) is 9.59 Å². The van der Waals surface area contributed by atoms with Crippen molar-refractivity contribution in [2.75, 3.05) is 0 Å². The molecule has 0 saturated carbocycles. The number of hydrogen-bond acceptors (Lipinski definition) is 4. The molecule has 10 heteroatoms. The van der Waals surface area contributed by atoms with Crippen LogP contribution in [0.15, 0.2) is 12.4 Å². The van der Waals surface area contributed by atoms with E-state index in [1.807, 2.05) is 0 Å². The Labute approximate surface area is 136 Å². The molecule has 0 unspecified atom stereocenters. The number of imidazole rings is 1. The van der Waals surface area contributed by atoms with Crippen LogP contribution in [0.3, 0.4) is 0 Å². The maximum atomic E-state index is 12.8. The smallest absolute Gasteiger partial charge is 0.333 e. The number of aryl methyl sites for hydroxylation is 1. The number of hydrogen-bond donors (Lipinski definition) is 2. The maximum Gasteiger partial charge on any atom is 0.333 e. The minimum atomic E-state index is -2.76. The first kappa shape index (κ1) is 17.6. The molecule has 0 aliphatic rings. The number of rotatable bonds is 7. The third-order valence-electron chi connectivity index (χ3n) is 3.55. The zero-order valence-electron chi connectivity index (χ0n) is 13.2. The quantitative estimate of drug-likeness (QED) is 0.783. The summed E-state index contributed by atoms with van der Waals surface area (Å²) >= 11 is 0. The summed E-state index contributed by atoms with van der Waals surface area (Å²) in [6, 6.07) is 0. The SMILES string of the molecule is Cc1nn(C(F)F)c(C)c1CC(=O)NCc1nccn1CC(=O)O. The zero-order chi connectivity index (χ0) is 17.9. The van der Waals surface area contributed by atoms with Gasteiger partial charge in [0, 0.05) is 23.7 Å². The molecule has 2 N–H and O–H groups in total. The van der Waals surface area contributed by atoms with Gasteiger partial charge in [-0.1, -0.05) is 0 Å². The molecule has 0 radical (unpaired) electrons. The molecule has 8 nitrogen and oxygen atoms in total. The Morgan fingerprint density at radius 3 is 2.67 bits per heavy atom. The van der Waals surface area contributed by atoms with Gasteiger partial charge in [0.15, 0.2) is 0 Å². The van der Waals surface area contributed by atoms with Crippen LogP contribution in [0.25, 0.3) is 0 Å². The largest absolute Gasteiger partial charge is 0.480 e. The van der Waals surface area contributed by atoms with Crippen LogP contribution >= 0.6 is 0 Å². The lowest BCUT2D eigenvalue weighted by atomic mass is 10.1. The number of aliphatic carboxylic acids is 1. The number of aromatic nitrogens is 4. The maximum absolute atomic E-state index is 12.8. The molecule has 0 atom stereocenters. The number of amides is 1. The second-order valence-electron chi connectivity index (χ2n) is 5.19. The van der Waals surface area contributed by atoms with Gasteiger partial charge in [-0.15, -0.1) is 0 Å². The molecular formula is C14H17F2N5O3. The van der Waals surface area contributed by atoms with Gasteiger partial charge in [0.05, 0.1) is 18.7 Å². The van der Waals surface area contributed by atoms with E-state index in [4.69, 9.17) is 5.11 Å². The van der Waals surface area contributed by atoms with Crippen molar-refractivity contribution in [3.8, 4) is 0 Å². The minimum Gasteiger partial charge on any atom is -0.480 e. The zero-order valence-corrected chi connectivity index (χ0v) is 13.2. The highest BCUT2D eigenvalue weighted by Gasteiger charge is 2.19. The molecule has 130 valence electrons. The number of carbonyl (C=O) groups excluding carboxylic acids is 1. The summed E-state index contributed by atoms with van der Waals surface area (Å²) in [5, 5.41) is 15.1. The van der Waals surface area contributed by atoms with Gasteiger partial charge in [-0.2, -0.15) is 13.9 Å². The van der Waals surface area contributed by atoms with Crippen molar-refractivity contribution in [1.29, 1.82) is 0 Å². The van der Waals surface area contributed by atoms with E-state index in [0.717, 1.165) is 0 Å². The molecule has 24 heavy (non-hydrogen) atoms. The second-order valence-corrected chi connectivity index (χ2v) is 5.19. The number of carboxylic acid groups (broad SMARTS) is 1. The molecule has 0 spiro atoms. The Bertz CT molecular complexity index is 754. The summed E-state index contributed by atoms with van der Waals surface area (Å²) in [4.78, 5) is 26.7. The van der Waals surface area contributed by atoms with E-state index in [2.05, 4.69) is 15.4 Å². The Hall–Kier alpha value is -2.78. The van der Waals surface area contributed by atoms with Crippen LogP contribution in [-0.2, 0) is 29.1 Å². The van der Waals surface area contributed by atoms with Crippen LogP contribution in [0.5, 0.6) is 0 Å². The number of nitrogens with zero attached hydrogens (tertiary/aromatic N) is 4. The molecule has 2 aromatic rings. The van der Waals surface area contributed by atoms with Crippen LogP contribution in [0.2, 0.25) is 0 Å². The molecule has 0 bridgehead atoms. The minimum absolute atomic E-state index is 0.0419. The summed E-state index contributed by atoms with van der Waals surface area (Å²) in [7, 11) is 0. The standard InChI is InChI=1S/C14H17F2N5O3/c1-8-10(9(2)21(19-8)14(15)16)5-12(22)18-6-11-17-3-4-20(11)7-13(23)24/h3-4,14H,5-7H2,1-2H3,(H,18,22)(H,23,24). The summed E-state index contributed by atoms with van der Waals surface area (Å²) in [6.45, 7) is 0.0664. The summed E-state index contributed by atoms with van der Waals surface area (Å²) in [5.74, 6) is -1.02. The first-order valence-electron chi connectivity index (χ1n) is 7.10. The van der Waals surface area contributed by atoms with Crippen molar-refractivity contribution >= 4 is 11.9 Å². The third-order valence-corrected chi connectivity index (χ3v) is 3.55. The van der Waals surface area contributed by atoms with Crippen molar-refractivity contribution in [1.82, 2.24) is 24.6 Å². The first-order valence-corrected chi connectivity index (χ1v) is 7.10. The van der Waals surface area contributed by atoms with Crippen LogP contribution < -0.4 is 5.32 Å². The van der Waals surface area contributed by atoms with Gasteiger partial charge in [0.25, 0.3) is 0 Å². The fourth-order valence-corrected chi connectivity index (χ4v) is 2.34. The number of alkyl halides is 2. The number of carboxylic acids is 1. The lowest BCUT2D eigenvalue weighted by Gasteiger charge is -2.08. The van der Waals surface area contributed by atoms with Gasteiger partial charge in [-0.25, -0.2) is 9.67 Å². The van der Waals surface area contributed by atoms with E-state index in [1.165, 1.54) is 23.9 Å². The fraction of sp³-hybridized carbons (Fsp3) is 0.429. The molecule has 0 saturated heterocycles. The van der Waals surface area contributed by atoms with Crippen molar-refractivity contribution < 1.29 is 23.5 Å². The highest BCUT2D eigenvalue weighted by atomic mass is 19.3. The summed E-state index contributed by atoms with van der Waals surface area (Å²) < 4.78 is 27.5. The van der Waals surface area contributed by atoms with Crippen molar-refractivity contribution in [3.05, 3.63) is 35.2 Å². The van der Waals surface area contributed by atoms with E-state index >= 15 is 0 Å². The van der Waals surface area contributed by atoms with Gasteiger partial charge in [-0.05, 0) is 13.8 Å². The number of nitrogens with one attached hydrogen (secondary N) is 1. The first-order chi connectivity index (χ1) is 11.3. The van der Waals surface area contributed by atoms with Gasteiger partial charge < -0.3 is 15.0 Å². The third kappa shape index (κ3) is 3.94. The van der Waals surface area contributed by atoms with Crippen molar-refractivity contribution in [2.45, 2.75) is 39.9 Å². The molecule has 0 fully saturated rings. The predicted molar refractivity (Wildman–Crippen MR) is 78.4 cm³/mol. The van der Waals surface area contributed by atoms with Crippen molar-refractivity contribution in [2.24, 2.45) is 0 Å². The molecule has 0 aliphatic carbocycles. The highest BCUT2D eigenvalue weighted by molar-refractivity contribution is 5.79. The monoisotopic (exact) mass is 341 g/mol. The molecule has 2 heterocycles. The number of carbonyl (C=O) groups is 2. The van der Waals surface area contributed by atoms with Crippen molar-refractivity contribution in [3.63, 3.8) is 0 Å². The van der Waals surface area contributed by atoms with Gasteiger partial charge >= 0.3 is 12.5 Å². The molecule has 0 aliphatic heterocycles. The molecular weight excluding hydrogens is 324 g/mol. The van der Waals surface area contributed by atoms with E-state index in [-0.39, 0.29) is 31.1 Å². The van der Waals surface area contributed by atoms with Crippen LogP contribution in [0.1, 0.15) is 29.3 Å². The van der Waals surface area contributed by atoms with E-state index in [9.17, 15) is 18.4 Å². The average Bonchev–Trinajstić information content (AvgIpc) is 3.03. The molecule has 1 amide bonds. The van der Waals surface area contributed by atoms with E-state index in [0.29, 0.717) is 21.8 Å². The predicted octanol–water partition coefficient (Wildman–Crippen LogP) is 1.04. The Morgan fingerprint density at radius 1 is 1.38 bits per heavy atom. The van der Waals surface area contributed by atoms with E-state index < -0.39 is 12.5 Å². The fourth-order valence-electron chi connectivity index (χ4n) is 2.34. The van der Waals surface area contributed by atoms with Gasteiger partial charge in [0.2, 0.25) is 5.91 Å². The van der Waals surface area contributed by atoms with Crippen LogP contribution in [-0.4, -0.2) is 36.3 Å². The summed E-state index contributed by atoms with van der Waals surface area (Å²) in [5.41, 5.74) is 1.06. The summed E-state index contributed by atoms with van der Waals surface area (Å²) in [6.07, 6.45) is 2.84. The Balaban J connectivity index is 2.00.